The number of carbonyl (C=O) groups excluding carboxylic acids is 1. The predicted octanol–water partition coefficient (Wildman–Crippen LogP) is 1.91. The Morgan fingerprint density at radius 3 is 2.32 bits per heavy atom. The summed E-state index contributed by atoms with van der Waals surface area (Å²) in [4.78, 5) is 18.6. The zero-order valence-electron chi connectivity index (χ0n) is 18.3. The molecule has 1 amide bonds. The van der Waals surface area contributed by atoms with Crippen molar-refractivity contribution in [3.63, 3.8) is 0 Å². The van der Waals surface area contributed by atoms with Gasteiger partial charge >= 0.3 is 0 Å². The first-order valence-electron chi connectivity index (χ1n) is 10.7. The van der Waals surface area contributed by atoms with E-state index in [2.05, 4.69) is 27.8 Å². The van der Waals surface area contributed by atoms with E-state index in [9.17, 15) is 13.2 Å². The lowest BCUT2D eigenvalue weighted by molar-refractivity contribution is -0.131. The number of guanidine groups is 1. The van der Waals surface area contributed by atoms with E-state index in [1.807, 2.05) is 17.0 Å². The van der Waals surface area contributed by atoms with Gasteiger partial charge in [0.1, 0.15) is 0 Å². The number of hydrogen-bond acceptors (Lipinski definition) is 4. The number of carbonyl (C=O) groups is 1. The van der Waals surface area contributed by atoms with Crippen molar-refractivity contribution >= 4 is 45.9 Å². The third-order valence-corrected chi connectivity index (χ3v) is 7.71. The highest BCUT2D eigenvalue weighted by Gasteiger charge is 2.27. The van der Waals surface area contributed by atoms with Crippen LogP contribution in [0, 0.1) is 0 Å². The Labute approximate surface area is 202 Å². The van der Waals surface area contributed by atoms with Gasteiger partial charge in [-0.15, -0.1) is 24.0 Å². The molecule has 0 unspecified atom stereocenters. The van der Waals surface area contributed by atoms with E-state index in [1.54, 1.807) is 18.3 Å². The van der Waals surface area contributed by atoms with E-state index in [-0.39, 0.29) is 41.7 Å². The lowest BCUT2D eigenvalue weighted by Gasteiger charge is -2.32. The molecule has 10 heteroatoms. The fourth-order valence-electron chi connectivity index (χ4n) is 3.96. The molecular formula is C21H34IN5O3S. The molecular weight excluding hydrogens is 529 g/mol. The van der Waals surface area contributed by atoms with Gasteiger partial charge in [-0.1, -0.05) is 24.3 Å². The first-order valence-corrected chi connectivity index (χ1v) is 12.3. The highest BCUT2D eigenvalue weighted by atomic mass is 127. The Hall–Kier alpha value is -1.40. The smallest absolute Gasteiger partial charge is 0.223 e. The molecule has 8 nitrogen and oxygen atoms in total. The summed E-state index contributed by atoms with van der Waals surface area (Å²) in [7, 11) is -1.38. The van der Waals surface area contributed by atoms with Crippen molar-refractivity contribution in [1.29, 1.82) is 0 Å². The molecule has 0 aromatic heterocycles. The second-order valence-electron chi connectivity index (χ2n) is 7.84. The molecule has 0 aliphatic carbocycles. The van der Waals surface area contributed by atoms with Gasteiger partial charge in [0, 0.05) is 52.2 Å². The molecule has 1 fully saturated rings. The third-order valence-electron chi connectivity index (χ3n) is 5.83. The standard InChI is InChI=1S/C21H33N5O3S.HI/c1-3-30(28,29)26-13-10-19(11-14-26)24-21(22-2)23-12-6-9-20(27)25-15-17-7-4-5-8-18(17)16-25;/h4-5,7-8,19H,3,6,9-16H2,1-2H3,(H2,22,23,24);1H. The molecule has 31 heavy (non-hydrogen) atoms. The molecule has 1 aromatic rings. The van der Waals surface area contributed by atoms with E-state index in [4.69, 9.17) is 0 Å². The van der Waals surface area contributed by atoms with Gasteiger partial charge in [-0.05, 0) is 37.3 Å². The maximum Gasteiger partial charge on any atom is 0.223 e. The zero-order chi connectivity index (χ0) is 21.6. The Morgan fingerprint density at radius 1 is 1.16 bits per heavy atom. The molecule has 0 bridgehead atoms. The number of nitrogens with zero attached hydrogens (tertiary/aromatic N) is 3. The summed E-state index contributed by atoms with van der Waals surface area (Å²) >= 11 is 0. The van der Waals surface area contributed by atoms with Crippen LogP contribution in [0.25, 0.3) is 0 Å². The molecule has 0 saturated carbocycles. The summed E-state index contributed by atoms with van der Waals surface area (Å²) in [6, 6.07) is 8.40. The Bertz CT molecular complexity index is 845. The molecule has 0 radical (unpaired) electrons. The molecule has 1 aromatic carbocycles. The molecule has 2 heterocycles. The van der Waals surface area contributed by atoms with Crippen LogP contribution in [0.15, 0.2) is 29.3 Å². The van der Waals surface area contributed by atoms with Crippen LogP contribution >= 0.6 is 24.0 Å². The highest BCUT2D eigenvalue weighted by molar-refractivity contribution is 14.0. The predicted molar refractivity (Wildman–Crippen MR) is 134 cm³/mol. The number of piperidine rings is 1. The maximum absolute atomic E-state index is 12.5. The number of nitrogens with one attached hydrogen (secondary N) is 2. The molecule has 2 N–H and O–H groups in total. The van der Waals surface area contributed by atoms with Crippen molar-refractivity contribution in [3.05, 3.63) is 35.4 Å². The maximum atomic E-state index is 12.5. The van der Waals surface area contributed by atoms with Gasteiger partial charge in [0.05, 0.1) is 5.75 Å². The van der Waals surface area contributed by atoms with Crippen LogP contribution < -0.4 is 10.6 Å². The first-order chi connectivity index (χ1) is 14.4. The molecule has 1 saturated heterocycles. The largest absolute Gasteiger partial charge is 0.356 e. The number of sulfonamides is 1. The van der Waals surface area contributed by atoms with E-state index >= 15 is 0 Å². The fraction of sp³-hybridized carbons (Fsp3) is 0.619. The topological polar surface area (TPSA) is 94.1 Å². The first kappa shape index (κ1) is 25.9. The zero-order valence-corrected chi connectivity index (χ0v) is 21.5. The van der Waals surface area contributed by atoms with Gasteiger partial charge in [-0.25, -0.2) is 12.7 Å². The highest BCUT2D eigenvalue weighted by Crippen LogP contribution is 2.22. The monoisotopic (exact) mass is 563 g/mol. The van der Waals surface area contributed by atoms with Gasteiger partial charge in [-0.3, -0.25) is 9.79 Å². The number of aliphatic imine (C=N–C) groups is 1. The molecule has 2 aliphatic rings. The summed E-state index contributed by atoms with van der Waals surface area (Å²) in [5, 5.41) is 6.64. The van der Waals surface area contributed by atoms with Gasteiger partial charge in [0.25, 0.3) is 0 Å². The minimum Gasteiger partial charge on any atom is -0.356 e. The average Bonchev–Trinajstić information content (AvgIpc) is 3.20. The average molecular weight is 564 g/mol. The Morgan fingerprint density at radius 2 is 1.77 bits per heavy atom. The number of amides is 1. The SMILES string of the molecule is CCS(=O)(=O)N1CCC(NC(=NC)NCCCC(=O)N2Cc3ccccc3C2)CC1.I. The van der Waals surface area contributed by atoms with Crippen molar-refractivity contribution in [2.24, 2.45) is 4.99 Å². The van der Waals surface area contributed by atoms with E-state index in [1.165, 1.54) is 11.1 Å². The van der Waals surface area contributed by atoms with Gasteiger partial charge < -0.3 is 15.5 Å². The molecule has 3 rings (SSSR count). The van der Waals surface area contributed by atoms with Crippen LogP contribution in [0.5, 0.6) is 0 Å². The Balaban J connectivity index is 0.00000341. The van der Waals surface area contributed by atoms with Crippen molar-refractivity contribution in [2.75, 3.05) is 32.4 Å². The number of hydrogen-bond donors (Lipinski definition) is 2. The van der Waals surface area contributed by atoms with Crippen LogP contribution in [-0.4, -0.2) is 68.0 Å². The number of rotatable bonds is 7. The van der Waals surface area contributed by atoms with Crippen molar-refractivity contribution in [3.8, 4) is 0 Å². The van der Waals surface area contributed by atoms with E-state index in [0.29, 0.717) is 45.1 Å². The summed E-state index contributed by atoms with van der Waals surface area (Å²) in [6.07, 6.45) is 2.76. The summed E-state index contributed by atoms with van der Waals surface area (Å²) < 4.78 is 25.5. The fourth-order valence-corrected chi connectivity index (χ4v) is 5.10. The number of benzene rings is 1. The van der Waals surface area contributed by atoms with Crippen molar-refractivity contribution < 1.29 is 13.2 Å². The lowest BCUT2D eigenvalue weighted by atomic mass is 10.1. The van der Waals surface area contributed by atoms with Crippen LogP contribution in [0.3, 0.4) is 0 Å². The number of fused-ring (bicyclic) bond motifs is 1. The molecule has 0 atom stereocenters. The summed E-state index contributed by atoms with van der Waals surface area (Å²) in [6.45, 7) is 4.83. The lowest BCUT2D eigenvalue weighted by Crippen LogP contribution is -2.50. The van der Waals surface area contributed by atoms with Crippen LogP contribution in [0.1, 0.15) is 43.7 Å². The second kappa shape index (κ2) is 12.0. The second-order valence-corrected chi connectivity index (χ2v) is 10.1. The Kier molecular flexibility index (Phi) is 10.0. The van der Waals surface area contributed by atoms with Gasteiger partial charge in [0.2, 0.25) is 15.9 Å². The minimum atomic E-state index is -3.11. The van der Waals surface area contributed by atoms with Gasteiger partial charge in [0.15, 0.2) is 5.96 Å². The van der Waals surface area contributed by atoms with Gasteiger partial charge in [-0.2, -0.15) is 0 Å². The van der Waals surface area contributed by atoms with E-state index in [0.717, 1.165) is 19.3 Å². The molecule has 0 spiro atoms. The van der Waals surface area contributed by atoms with Crippen molar-refractivity contribution in [1.82, 2.24) is 19.8 Å². The van der Waals surface area contributed by atoms with Crippen LogP contribution in [-0.2, 0) is 27.9 Å². The molecule has 2 aliphatic heterocycles. The number of halogens is 1. The quantitative estimate of drug-likeness (QED) is 0.229. The van der Waals surface area contributed by atoms with Crippen molar-refractivity contribution in [2.45, 2.75) is 51.7 Å². The summed E-state index contributed by atoms with van der Waals surface area (Å²) in [5.74, 6) is 1.03. The van der Waals surface area contributed by atoms with Crippen LogP contribution in [0.2, 0.25) is 0 Å². The summed E-state index contributed by atoms with van der Waals surface area (Å²) in [5.41, 5.74) is 2.48. The van der Waals surface area contributed by atoms with E-state index < -0.39 is 10.0 Å². The molecule has 174 valence electrons. The van der Waals surface area contributed by atoms with Crippen LogP contribution in [0.4, 0.5) is 0 Å². The third kappa shape index (κ3) is 7.04. The minimum absolute atomic E-state index is 0. The normalized spacial score (nSPS) is 17.7.